The minimum Gasteiger partial charge on any atom is -0.497 e. The van der Waals surface area contributed by atoms with E-state index >= 15 is 0 Å². The highest BCUT2D eigenvalue weighted by atomic mass is 32.2. The van der Waals surface area contributed by atoms with Gasteiger partial charge in [-0.2, -0.15) is 13.5 Å². The van der Waals surface area contributed by atoms with E-state index in [4.69, 9.17) is 9.29 Å². The Morgan fingerprint density at radius 2 is 1.68 bits per heavy atom. The summed E-state index contributed by atoms with van der Waals surface area (Å²) in [5.74, 6) is 0.809. The summed E-state index contributed by atoms with van der Waals surface area (Å²) in [5.41, 5.74) is 4.33. The Morgan fingerprint density at radius 3 is 2.36 bits per heavy atom. The summed E-state index contributed by atoms with van der Waals surface area (Å²) in [6.45, 7) is 0. The fourth-order valence-corrected chi connectivity index (χ4v) is 2.81. The molecule has 0 fully saturated rings. The van der Waals surface area contributed by atoms with E-state index in [0.29, 0.717) is 5.69 Å². The van der Waals surface area contributed by atoms with Crippen molar-refractivity contribution in [2.24, 2.45) is 5.10 Å². The van der Waals surface area contributed by atoms with Crippen LogP contribution in [0.25, 0.3) is 10.8 Å². The summed E-state index contributed by atoms with van der Waals surface area (Å²) in [5, 5.41) is 6.28. The van der Waals surface area contributed by atoms with Crippen LogP contribution in [0.2, 0.25) is 0 Å². The average Bonchev–Trinajstić information content (AvgIpc) is 2.61. The van der Waals surface area contributed by atoms with Crippen LogP contribution in [-0.4, -0.2) is 26.3 Å². The van der Waals surface area contributed by atoms with Crippen LogP contribution in [0.15, 0.2) is 70.7 Å². The average molecular weight is 356 g/mol. The van der Waals surface area contributed by atoms with Gasteiger partial charge in [-0.1, -0.05) is 18.2 Å². The van der Waals surface area contributed by atoms with Crippen molar-refractivity contribution in [1.82, 2.24) is 0 Å². The van der Waals surface area contributed by atoms with E-state index in [9.17, 15) is 8.42 Å². The molecule has 6 nitrogen and oxygen atoms in total. The number of hydrogen-bond acceptors (Lipinski definition) is 5. The van der Waals surface area contributed by atoms with Crippen LogP contribution in [0.5, 0.6) is 5.75 Å². The molecule has 0 saturated heterocycles. The quantitative estimate of drug-likeness (QED) is 0.415. The number of fused-ring (bicyclic) bond motifs is 1. The molecule has 2 N–H and O–H groups in total. The number of hydrazone groups is 1. The number of methoxy groups -OCH3 is 1. The number of hydrogen-bond donors (Lipinski definition) is 2. The van der Waals surface area contributed by atoms with Crippen LogP contribution in [0.1, 0.15) is 5.56 Å². The normalized spacial score (nSPS) is 11.8. The summed E-state index contributed by atoms with van der Waals surface area (Å²) in [6.07, 6.45) is 1.67. The van der Waals surface area contributed by atoms with Gasteiger partial charge in [0.15, 0.2) is 0 Å². The largest absolute Gasteiger partial charge is 0.497 e. The molecule has 0 heterocycles. The van der Waals surface area contributed by atoms with Crippen molar-refractivity contribution in [1.29, 1.82) is 0 Å². The fraction of sp³-hybridized carbons (Fsp3) is 0.0556. The zero-order valence-electron chi connectivity index (χ0n) is 13.4. The highest BCUT2D eigenvalue weighted by Crippen LogP contribution is 2.21. The minimum atomic E-state index is -4.18. The molecular weight excluding hydrogens is 340 g/mol. The smallest absolute Gasteiger partial charge is 0.294 e. The first-order valence-electron chi connectivity index (χ1n) is 7.40. The van der Waals surface area contributed by atoms with Crippen LogP contribution < -0.4 is 10.2 Å². The summed E-state index contributed by atoms with van der Waals surface area (Å²) >= 11 is 0. The van der Waals surface area contributed by atoms with Gasteiger partial charge in [0, 0.05) is 0 Å². The van der Waals surface area contributed by atoms with Gasteiger partial charge >= 0.3 is 0 Å². The van der Waals surface area contributed by atoms with Gasteiger partial charge in [-0.05, 0) is 58.8 Å². The summed E-state index contributed by atoms with van der Waals surface area (Å²) in [4.78, 5) is -0.160. The predicted octanol–water partition coefficient (Wildman–Crippen LogP) is 3.54. The lowest BCUT2D eigenvalue weighted by atomic mass is 10.1. The number of benzene rings is 3. The Bertz CT molecular complexity index is 1030. The first-order chi connectivity index (χ1) is 12.0. The lowest BCUT2D eigenvalue weighted by Crippen LogP contribution is -1.98. The number of rotatable bonds is 5. The Balaban J connectivity index is 1.72. The Kier molecular flexibility index (Phi) is 4.69. The third-order valence-electron chi connectivity index (χ3n) is 3.63. The molecular formula is C18H16N2O4S. The SMILES string of the molecule is COc1ccc2cc(C=NNc3ccc(S(=O)(=O)O)cc3)ccc2c1. The lowest BCUT2D eigenvalue weighted by molar-refractivity contribution is 0.415. The van der Waals surface area contributed by atoms with Crippen LogP contribution >= 0.6 is 0 Å². The van der Waals surface area contributed by atoms with E-state index in [0.717, 1.165) is 22.1 Å². The highest BCUT2D eigenvalue weighted by Gasteiger charge is 2.07. The van der Waals surface area contributed by atoms with Crippen LogP contribution in [0.3, 0.4) is 0 Å². The minimum absolute atomic E-state index is 0.160. The molecule has 0 radical (unpaired) electrons. The van der Waals surface area contributed by atoms with E-state index in [1.165, 1.54) is 24.3 Å². The second kappa shape index (κ2) is 6.92. The molecule has 0 amide bonds. The van der Waals surface area contributed by atoms with Crippen molar-refractivity contribution in [3.63, 3.8) is 0 Å². The second-order valence-electron chi connectivity index (χ2n) is 5.34. The molecule has 0 saturated carbocycles. The first-order valence-corrected chi connectivity index (χ1v) is 8.84. The van der Waals surface area contributed by atoms with Crippen molar-refractivity contribution in [2.75, 3.05) is 12.5 Å². The van der Waals surface area contributed by atoms with Gasteiger partial charge in [0.25, 0.3) is 10.1 Å². The van der Waals surface area contributed by atoms with Crippen molar-refractivity contribution in [2.45, 2.75) is 4.90 Å². The predicted molar refractivity (Wildman–Crippen MR) is 98.0 cm³/mol. The molecule has 0 spiro atoms. The van der Waals surface area contributed by atoms with Gasteiger partial charge in [-0.25, -0.2) is 0 Å². The summed E-state index contributed by atoms with van der Waals surface area (Å²) in [6, 6.07) is 17.4. The molecule has 0 aliphatic carbocycles. The Labute approximate surface area is 145 Å². The maximum absolute atomic E-state index is 11.0. The third kappa shape index (κ3) is 4.14. The van der Waals surface area contributed by atoms with Crippen molar-refractivity contribution in [3.05, 3.63) is 66.2 Å². The molecule has 0 aliphatic heterocycles. The molecule has 3 aromatic rings. The molecule has 0 unspecified atom stereocenters. The van der Waals surface area contributed by atoms with Crippen molar-refractivity contribution >= 4 is 32.8 Å². The van der Waals surface area contributed by atoms with Crippen LogP contribution in [0.4, 0.5) is 5.69 Å². The fourth-order valence-electron chi connectivity index (χ4n) is 2.33. The molecule has 0 aliphatic rings. The topological polar surface area (TPSA) is 88.0 Å². The third-order valence-corrected chi connectivity index (χ3v) is 4.50. The van der Waals surface area contributed by atoms with E-state index < -0.39 is 10.1 Å². The van der Waals surface area contributed by atoms with E-state index in [2.05, 4.69) is 10.5 Å². The van der Waals surface area contributed by atoms with Crippen LogP contribution in [0, 0.1) is 0 Å². The maximum Gasteiger partial charge on any atom is 0.294 e. The summed E-state index contributed by atoms with van der Waals surface area (Å²) in [7, 11) is -2.55. The van der Waals surface area contributed by atoms with Crippen LogP contribution in [-0.2, 0) is 10.1 Å². The van der Waals surface area contributed by atoms with Gasteiger partial charge in [-0.15, -0.1) is 0 Å². The monoisotopic (exact) mass is 356 g/mol. The molecule has 128 valence electrons. The Morgan fingerprint density at radius 1 is 1.00 bits per heavy atom. The number of nitrogens with one attached hydrogen (secondary N) is 1. The standard InChI is InChI=1S/C18H16N2O4S/c1-24-17-7-4-14-10-13(2-3-15(14)11-17)12-19-20-16-5-8-18(9-6-16)25(21,22)23/h2-12,20H,1H3,(H,21,22,23). The molecule has 0 bridgehead atoms. The van der Waals surface area contributed by atoms with E-state index in [1.807, 2.05) is 36.4 Å². The van der Waals surface area contributed by atoms with Gasteiger partial charge in [0.1, 0.15) is 5.75 Å². The zero-order chi connectivity index (χ0) is 17.9. The van der Waals surface area contributed by atoms with Crippen molar-refractivity contribution < 1.29 is 17.7 Å². The molecule has 3 aromatic carbocycles. The zero-order valence-corrected chi connectivity index (χ0v) is 14.2. The lowest BCUT2D eigenvalue weighted by Gasteiger charge is -2.04. The Hall–Kier alpha value is -2.90. The summed E-state index contributed by atoms with van der Waals surface area (Å²) < 4.78 is 36.1. The van der Waals surface area contributed by atoms with Crippen molar-refractivity contribution in [3.8, 4) is 5.75 Å². The van der Waals surface area contributed by atoms with E-state index in [-0.39, 0.29) is 4.90 Å². The van der Waals surface area contributed by atoms with E-state index in [1.54, 1.807) is 13.3 Å². The first kappa shape index (κ1) is 16.9. The highest BCUT2D eigenvalue weighted by molar-refractivity contribution is 7.85. The van der Waals surface area contributed by atoms with Gasteiger partial charge in [-0.3, -0.25) is 9.98 Å². The molecule has 7 heteroatoms. The molecule has 0 atom stereocenters. The number of ether oxygens (including phenoxy) is 1. The number of nitrogens with zero attached hydrogens (tertiary/aromatic N) is 1. The van der Waals surface area contributed by atoms with Gasteiger partial charge < -0.3 is 4.74 Å². The molecule has 3 rings (SSSR count). The number of anilines is 1. The van der Waals surface area contributed by atoms with Gasteiger partial charge in [0.2, 0.25) is 0 Å². The molecule has 25 heavy (non-hydrogen) atoms. The van der Waals surface area contributed by atoms with Gasteiger partial charge in [0.05, 0.1) is 23.9 Å². The maximum atomic E-state index is 11.0. The molecule has 0 aromatic heterocycles. The second-order valence-corrected chi connectivity index (χ2v) is 6.76.